The second-order valence-electron chi connectivity index (χ2n) is 7.13. The molecule has 0 unspecified atom stereocenters. The van der Waals surface area contributed by atoms with Crippen molar-refractivity contribution in [2.45, 2.75) is 13.0 Å². The van der Waals surface area contributed by atoms with Crippen molar-refractivity contribution >= 4 is 11.5 Å². The minimum absolute atomic E-state index is 0.0387. The van der Waals surface area contributed by atoms with Crippen molar-refractivity contribution in [3.05, 3.63) is 54.1 Å². The van der Waals surface area contributed by atoms with Crippen LogP contribution in [0, 0.1) is 0 Å². The zero-order valence-corrected chi connectivity index (χ0v) is 16.6. The van der Waals surface area contributed by atoms with Crippen LogP contribution in [0.3, 0.4) is 0 Å². The fourth-order valence-corrected chi connectivity index (χ4v) is 3.62. The van der Waals surface area contributed by atoms with E-state index >= 15 is 0 Å². The van der Waals surface area contributed by atoms with E-state index in [9.17, 15) is 9.90 Å². The highest BCUT2D eigenvalue weighted by Gasteiger charge is 2.24. The molecule has 28 heavy (non-hydrogen) atoms. The summed E-state index contributed by atoms with van der Waals surface area (Å²) in [5.41, 5.74) is 1.67. The fourth-order valence-electron chi connectivity index (χ4n) is 3.62. The van der Waals surface area contributed by atoms with Crippen molar-refractivity contribution in [1.29, 1.82) is 0 Å². The van der Waals surface area contributed by atoms with Gasteiger partial charge in [-0.15, -0.1) is 0 Å². The number of anilines is 1. The van der Waals surface area contributed by atoms with Crippen LogP contribution in [0.5, 0.6) is 11.5 Å². The van der Waals surface area contributed by atoms with Gasteiger partial charge in [-0.25, -0.2) is 0 Å². The van der Waals surface area contributed by atoms with E-state index < -0.39 is 6.10 Å². The van der Waals surface area contributed by atoms with E-state index in [2.05, 4.69) is 11.0 Å². The molecule has 2 aromatic carbocycles. The molecule has 2 N–H and O–H groups in total. The van der Waals surface area contributed by atoms with E-state index in [-0.39, 0.29) is 12.4 Å². The number of aliphatic hydroxyl groups excluding tert-OH is 1. The Labute approximate surface area is 166 Å². The highest BCUT2D eigenvalue weighted by Crippen LogP contribution is 2.27. The van der Waals surface area contributed by atoms with Crippen LogP contribution >= 0.6 is 0 Å². The lowest BCUT2D eigenvalue weighted by Gasteiger charge is -2.35. The summed E-state index contributed by atoms with van der Waals surface area (Å²) in [7, 11) is 1.70. The molecule has 1 atom stereocenters. The van der Waals surface area contributed by atoms with E-state index in [1.165, 1.54) is 11.8 Å². The van der Waals surface area contributed by atoms with Crippen LogP contribution in [-0.4, -0.2) is 63.4 Å². The van der Waals surface area contributed by atoms with Crippen molar-refractivity contribution in [1.82, 2.24) is 0 Å². The summed E-state index contributed by atoms with van der Waals surface area (Å²) in [4.78, 5) is 15.3. The molecule has 150 valence electrons. The Bertz CT molecular complexity index is 788. The summed E-state index contributed by atoms with van der Waals surface area (Å²) in [6, 6.07) is 15.2. The predicted octanol–water partition coefficient (Wildman–Crippen LogP) is 1.04. The lowest BCUT2D eigenvalue weighted by molar-refractivity contribution is -0.903. The molecule has 0 bridgehead atoms. The van der Waals surface area contributed by atoms with E-state index in [4.69, 9.17) is 9.47 Å². The third-order valence-corrected chi connectivity index (χ3v) is 5.12. The quantitative estimate of drug-likeness (QED) is 0.665. The van der Waals surface area contributed by atoms with Gasteiger partial charge >= 0.3 is 0 Å². The molecule has 1 aliphatic rings. The van der Waals surface area contributed by atoms with Gasteiger partial charge in [-0.1, -0.05) is 24.3 Å². The number of carbonyl (C=O) groups is 1. The molecule has 3 rings (SSSR count). The van der Waals surface area contributed by atoms with E-state index in [0.717, 1.165) is 37.6 Å². The average Bonchev–Trinajstić information content (AvgIpc) is 2.73. The average molecular weight is 385 g/mol. The third kappa shape index (κ3) is 5.03. The van der Waals surface area contributed by atoms with E-state index in [1.807, 2.05) is 30.3 Å². The first-order chi connectivity index (χ1) is 13.6. The number of nitrogens with zero attached hydrogens (tertiary/aromatic N) is 1. The molecule has 0 aliphatic carbocycles. The minimum atomic E-state index is -0.576. The number of hydrogen-bond donors (Lipinski definition) is 2. The predicted molar refractivity (Wildman–Crippen MR) is 109 cm³/mol. The molecule has 0 saturated carbocycles. The Balaban J connectivity index is 1.48. The van der Waals surface area contributed by atoms with Crippen LogP contribution in [0.2, 0.25) is 0 Å². The number of rotatable bonds is 8. The molecule has 1 aliphatic heterocycles. The summed E-state index contributed by atoms with van der Waals surface area (Å²) in [5, 5.41) is 10.4. The van der Waals surface area contributed by atoms with Gasteiger partial charge in [0.05, 0.1) is 44.5 Å². The summed E-state index contributed by atoms with van der Waals surface area (Å²) >= 11 is 0. The number of para-hydroxylation sites is 3. The SMILES string of the molecule is COc1ccccc1N1CC[NH+](C[C@H](O)COc2ccccc2C(C)=O)CC1. The second kappa shape index (κ2) is 9.57. The van der Waals surface area contributed by atoms with Crippen LogP contribution in [0.25, 0.3) is 0 Å². The largest absolute Gasteiger partial charge is 0.495 e. The number of ether oxygens (including phenoxy) is 2. The number of benzene rings is 2. The number of carbonyl (C=O) groups excluding carboxylic acids is 1. The Kier molecular flexibility index (Phi) is 6.90. The number of ketones is 1. The minimum Gasteiger partial charge on any atom is -0.495 e. The highest BCUT2D eigenvalue weighted by atomic mass is 16.5. The first-order valence-electron chi connectivity index (χ1n) is 9.71. The number of aliphatic hydroxyl groups is 1. The maximum Gasteiger partial charge on any atom is 0.163 e. The Hall–Kier alpha value is -2.57. The zero-order chi connectivity index (χ0) is 19.9. The number of Topliss-reactive ketones (excluding diaryl/α,β-unsaturated/α-hetero) is 1. The van der Waals surface area contributed by atoms with Crippen molar-refractivity contribution in [3.8, 4) is 11.5 Å². The number of piperazine rings is 1. The molecule has 2 aromatic rings. The van der Waals surface area contributed by atoms with Crippen molar-refractivity contribution in [2.75, 3.05) is 51.3 Å². The van der Waals surface area contributed by atoms with Gasteiger partial charge in [-0.05, 0) is 31.2 Å². The smallest absolute Gasteiger partial charge is 0.163 e. The summed E-state index contributed by atoms with van der Waals surface area (Å²) < 4.78 is 11.2. The standard InChI is InChI=1S/C22H28N2O4/c1-17(25)19-7-3-5-9-21(19)28-16-18(26)15-23-11-13-24(14-12-23)20-8-4-6-10-22(20)27-2/h3-10,18,26H,11-16H2,1-2H3/p+1/t18-/m0/s1. The van der Waals surface area contributed by atoms with Crippen molar-refractivity contribution in [3.63, 3.8) is 0 Å². The van der Waals surface area contributed by atoms with E-state index in [0.29, 0.717) is 17.9 Å². The Morgan fingerprint density at radius 3 is 2.43 bits per heavy atom. The zero-order valence-electron chi connectivity index (χ0n) is 16.6. The fraction of sp³-hybridized carbons (Fsp3) is 0.409. The summed E-state index contributed by atoms with van der Waals surface area (Å²) in [5.74, 6) is 1.39. The van der Waals surface area contributed by atoms with Crippen LogP contribution in [0.1, 0.15) is 17.3 Å². The molecule has 1 fully saturated rings. The maximum absolute atomic E-state index is 11.7. The topological polar surface area (TPSA) is 63.4 Å². The third-order valence-electron chi connectivity index (χ3n) is 5.12. The van der Waals surface area contributed by atoms with Gasteiger partial charge in [0.1, 0.15) is 30.8 Å². The highest BCUT2D eigenvalue weighted by molar-refractivity contribution is 5.96. The van der Waals surface area contributed by atoms with Gasteiger partial charge in [0.25, 0.3) is 0 Å². The van der Waals surface area contributed by atoms with Crippen LogP contribution in [-0.2, 0) is 0 Å². The molecule has 1 heterocycles. The Morgan fingerprint density at radius 1 is 1.11 bits per heavy atom. The summed E-state index contributed by atoms with van der Waals surface area (Å²) in [6.45, 7) is 6.04. The number of quaternary nitrogens is 1. The van der Waals surface area contributed by atoms with Crippen LogP contribution in [0.4, 0.5) is 5.69 Å². The lowest BCUT2D eigenvalue weighted by Crippen LogP contribution is -3.16. The number of methoxy groups -OCH3 is 1. The molecule has 6 heteroatoms. The Morgan fingerprint density at radius 2 is 1.75 bits per heavy atom. The van der Waals surface area contributed by atoms with Gasteiger partial charge in [0, 0.05) is 0 Å². The van der Waals surface area contributed by atoms with Gasteiger partial charge in [0.15, 0.2) is 5.78 Å². The van der Waals surface area contributed by atoms with Gasteiger partial charge in [0.2, 0.25) is 0 Å². The van der Waals surface area contributed by atoms with Gasteiger partial charge < -0.3 is 24.4 Å². The molecule has 0 aromatic heterocycles. The molecular weight excluding hydrogens is 356 g/mol. The number of nitrogens with one attached hydrogen (secondary N) is 1. The first-order valence-corrected chi connectivity index (χ1v) is 9.71. The lowest BCUT2D eigenvalue weighted by atomic mass is 10.1. The molecule has 0 spiro atoms. The molecular formula is C22H29N2O4+. The van der Waals surface area contributed by atoms with Gasteiger partial charge in [-0.3, -0.25) is 4.79 Å². The maximum atomic E-state index is 11.7. The number of hydrogen-bond acceptors (Lipinski definition) is 5. The molecule has 0 radical (unpaired) electrons. The van der Waals surface area contributed by atoms with Crippen LogP contribution < -0.4 is 19.3 Å². The summed E-state index contributed by atoms with van der Waals surface area (Å²) in [6.07, 6.45) is -0.576. The van der Waals surface area contributed by atoms with Crippen molar-refractivity contribution in [2.24, 2.45) is 0 Å². The monoisotopic (exact) mass is 385 g/mol. The normalized spacial score (nSPS) is 15.9. The molecule has 6 nitrogen and oxygen atoms in total. The first kappa shape index (κ1) is 20.2. The molecule has 0 amide bonds. The van der Waals surface area contributed by atoms with Crippen LogP contribution in [0.15, 0.2) is 48.5 Å². The van der Waals surface area contributed by atoms with Gasteiger partial charge in [-0.2, -0.15) is 0 Å². The molecule has 1 saturated heterocycles. The second-order valence-corrected chi connectivity index (χ2v) is 7.13. The van der Waals surface area contributed by atoms with E-state index in [1.54, 1.807) is 19.2 Å². The van der Waals surface area contributed by atoms with Crippen molar-refractivity contribution < 1.29 is 24.3 Å².